The van der Waals surface area contributed by atoms with Gasteiger partial charge >= 0.3 is 5.97 Å². The number of anilines is 1. The van der Waals surface area contributed by atoms with E-state index in [1.165, 1.54) is 7.11 Å². The van der Waals surface area contributed by atoms with E-state index >= 15 is 0 Å². The minimum Gasteiger partial charge on any atom is -0.464 e. The highest BCUT2D eigenvalue weighted by molar-refractivity contribution is 7.09. The lowest BCUT2D eigenvalue weighted by atomic mass is 10.2. The molecule has 1 N–H and O–H groups in total. The van der Waals surface area contributed by atoms with Crippen molar-refractivity contribution >= 4 is 23.0 Å². The number of ether oxygens (including phenoxy) is 1. The number of rotatable bonds is 4. The van der Waals surface area contributed by atoms with Gasteiger partial charge in [-0.3, -0.25) is 0 Å². The summed E-state index contributed by atoms with van der Waals surface area (Å²) in [5.74, 6) is -0.444. The molecule has 0 amide bonds. The molecule has 94 valence electrons. The van der Waals surface area contributed by atoms with Crippen molar-refractivity contribution in [2.24, 2.45) is 0 Å². The van der Waals surface area contributed by atoms with Gasteiger partial charge in [-0.15, -0.1) is 11.3 Å². The average molecular weight is 263 g/mol. The zero-order chi connectivity index (χ0) is 13.0. The third-order valence-corrected chi connectivity index (χ3v) is 3.32. The molecule has 0 aliphatic carbocycles. The van der Waals surface area contributed by atoms with Crippen LogP contribution in [0, 0.1) is 0 Å². The van der Waals surface area contributed by atoms with Crippen molar-refractivity contribution in [1.82, 2.24) is 9.97 Å². The number of methoxy groups -OCH3 is 1. The van der Waals surface area contributed by atoms with E-state index in [4.69, 9.17) is 0 Å². The first-order chi connectivity index (χ1) is 8.70. The number of nitrogens with one attached hydrogen (secondary N) is 1. The van der Waals surface area contributed by atoms with Gasteiger partial charge < -0.3 is 10.1 Å². The SMILES string of the molecule is COC(=O)c1cc(NC(C)c2nccs2)ccn1. The monoisotopic (exact) mass is 263 g/mol. The van der Waals surface area contributed by atoms with Crippen molar-refractivity contribution in [3.8, 4) is 0 Å². The first-order valence-electron chi connectivity index (χ1n) is 5.41. The van der Waals surface area contributed by atoms with Gasteiger partial charge in [-0.2, -0.15) is 0 Å². The van der Waals surface area contributed by atoms with Crippen LogP contribution in [0.1, 0.15) is 28.5 Å². The van der Waals surface area contributed by atoms with Crippen LogP contribution in [0.2, 0.25) is 0 Å². The number of esters is 1. The molecule has 2 heterocycles. The Morgan fingerprint density at radius 1 is 1.44 bits per heavy atom. The summed E-state index contributed by atoms with van der Waals surface area (Å²) in [5, 5.41) is 6.19. The molecule has 0 aliphatic rings. The molecule has 1 atom stereocenters. The molecule has 0 radical (unpaired) electrons. The zero-order valence-corrected chi connectivity index (χ0v) is 10.9. The normalized spacial score (nSPS) is 11.9. The van der Waals surface area contributed by atoms with Gasteiger partial charge in [-0.1, -0.05) is 0 Å². The van der Waals surface area contributed by atoms with Gasteiger partial charge in [0.15, 0.2) is 0 Å². The number of hydrogen-bond donors (Lipinski definition) is 1. The van der Waals surface area contributed by atoms with E-state index in [1.807, 2.05) is 12.3 Å². The number of carbonyl (C=O) groups excluding carboxylic acids is 1. The maximum atomic E-state index is 11.4. The Labute approximate surface area is 109 Å². The number of pyridine rings is 1. The van der Waals surface area contributed by atoms with Crippen molar-refractivity contribution in [2.75, 3.05) is 12.4 Å². The fourth-order valence-corrected chi connectivity index (χ4v) is 2.14. The molecule has 0 saturated heterocycles. The number of hydrogen-bond acceptors (Lipinski definition) is 6. The molecule has 0 bridgehead atoms. The number of thiazole rings is 1. The van der Waals surface area contributed by atoms with Crippen molar-refractivity contribution in [2.45, 2.75) is 13.0 Å². The van der Waals surface area contributed by atoms with Crippen molar-refractivity contribution in [3.05, 3.63) is 40.6 Å². The Hall–Kier alpha value is -1.95. The first kappa shape index (κ1) is 12.5. The Morgan fingerprint density at radius 2 is 2.28 bits per heavy atom. The number of carbonyl (C=O) groups is 1. The van der Waals surface area contributed by atoms with Crippen LogP contribution in [0.3, 0.4) is 0 Å². The number of aromatic nitrogens is 2. The van der Waals surface area contributed by atoms with Crippen LogP contribution in [-0.2, 0) is 4.74 Å². The molecule has 0 aliphatic heterocycles. The second-order valence-corrected chi connectivity index (χ2v) is 4.58. The first-order valence-corrected chi connectivity index (χ1v) is 6.29. The Kier molecular flexibility index (Phi) is 3.88. The largest absolute Gasteiger partial charge is 0.464 e. The summed E-state index contributed by atoms with van der Waals surface area (Å²) in [4.78, 5) is 19.5. The van der Waals surface area contributed by atoms with Crippen LogP contribution in [0.25, 0.3) is 0 Å². The molecule has 5 nitrogen and oxygen atoms in total. The third-order valence-electron chi connectivity index (χ3n) is 2.36. The maximum absolute atomic E-state index is 11.4. The minimum atomic E-state index is -0.444. The lowest BCUT2D eigenvalue weighted by Gasteiger charge is -2.12. The Bertz CT molecular complexity index is 528. The van der Waals surface area contributed by atoms with Gasteiger partial charge in [0.25, 0.3) is 0 Å². The molecule has 0 spiro atoms. The summed E-state index contributed by atoms with van der Waals surface area (Å²) in [5.41, 5.74) is 1.10. The van der Waals surface area contributed by atoms with Gasteiger partial charge in [-0.05, 0) is 19.1 Å². The van der Waals surface area contributed by atoms with E-state index in [-0.39, 0.29) is 11.7 Å². The van der Waals surface area contributed by atoms with Crippen molar-refractivity contribution in [3.63, 3.8) is 0 Å². The topological polar surface area (TPSA) is 64.1 Å². The molecule has 1 unspecified atom stereocenters. The summed E-state index contributed by atoms with van der Waals surface area (Å²) in [6.45, 7) is 2.01. The molecule has 0 saturated carbocycles. The predicted octanol–water partition coefficient (Wildman–Crippen LogP) is 2.50. The molecule has 18 heavy (non-hydrogen) atoms. The van der Waals surface area contributed by atoms with Gasteiger partial charge in [0.1, 0.15) is 10.7 Å². The smallest absolute Gasteiger partial charge is 0.356 e. The van der Waals surface area contributed by atoms with E-state index in [9.17, 15) is 4.79 Å². The highest BCUT2D eigenvalue weighted by Crippen LogP contribution is 2.20. The Balaban J connectivity index is 2.12. The number of nitrogens with zero attached hydrogens (tertiary/aromatic N) is 2. The third kappa shape index (κ3) is 2.84. The summed E-state index contributed by atoms with van der Waals surface area (Å²) >= 11 is 1.58. The van der Waals surface area contributed by atoms with Gasteiger partial charge in [0, 0.05) is 23.5 Å². The van der Waals surface area contributed by atoms with Crippen LogP contribution >= 0.6 is 11.3 Å². The molecule has 0 fully saturated rings. The molecule has 0 aromatic carbocycles. The van der Waals surface area contributed by atoms with Gasteiger partial charge in [-0.25, -0.2) is 14.8 Å². The zero-order valence-electron chi connectivity index (χ0n) is 10.1. The van der Waals surface area contributed by atoms with Crippen molar-refractivity contribution in [1.29, 1.82) is 0 Å². The van der Waals surface area contributed by atoms with E-state index in [0.717, 1.165) is 10.7 Å². The summed E-state index contributed by atoms with van der Waals surface area (Å²) in [7, 11) is 1.34. The highest BCUT2D eigenvalue weighted by atomic mass is 32.1. The maximum Gasteiger partial charge on any atom is 0.356 e. The van der Waals surface area contributed by atoms with Crippen LogP contribution in [0.15, 0.2) is 29.9 Å². The van der Waals surface area contributed by atoms with Gasteiger partial charge in [0.05, 0.1) is 13.2 Å². The minimum absolute atomic E-state index is 0.0814. The summed E-state index contributed by atoms with van der Waals surface area (Å²) in [6.07, 6.45) is 3.34. The predicted molar refractivity (Wildman–Crippen MR) is 69.7 cm³/mol. The van der Waals surface area contributed by atoms with Crippen LogP contribution < -0.4 is 5.32 Å². The molecule has 2 aromatic rings. The average Bonchev–Trinajstić information content (AvgIpc) is 2.92. The standard InChI is InChI=1S/C12H13N3O2S/c1-8(11-14-5-6-18-11)15-9-3-4-13-10(7-9)12(16)17-2/h3-8H,1-2H3,(H,13,15). The molecule has 2 aromatic heterocycles. The van der Waals surface area contributed by atoms with Gasteiger partial charge in [0.2, 0.25) is 0 Å². The fraction of sp³-hybridized carbons (Fsp3) is 0.250. The highest BCUT2D eigenvalue weighted by Gasteiger charge is 2.11. The van der Waals surface area contributed by atoms with E-state index < -0.39 is 5.97 Å². The van der Waals surface area contributed by atoms with E-state index in [1.54, 1.807) is 35.9 Å². The van der Waals surface area contributed by atoms with E-state index in [0.29, 0.717) is 0 Å². The lowest BCUT2D eigenvalue weighted by Crippen LogP contribution is -2.09. The molecular formula is C12H13N3O2S. The quantitative estimate of drug-likeness (QED) is 0.859. The summed E-state index contributed by atoms with van der Waals surface area (Å²) < 4.78 is 4.63. The molecule has 6 heteroatoms. The second-order valence-electron chi connectivity index (χ2n) is 3.66. The van der Waals surface area contributed by atoms with Crippen LogP contribution in [0.5, 0.6) is 0 Å². The summed E-state index contributed by atoms with van der Waals surface area (Å²) in [6, 6.07) is 3.55. The Morgan fingerprint density at radius 3 is 2.94 bits per heavy atom. The lowest BCUT2D eigenvalue weighted by molar-refractivity contribution is 0.0594. The van der Waals surface area contributed by atoms with Crippen molar-refractivity contribution < 1.29 is 9.53 Å². The van der Waals surface area contributed by atoms with E-state index in [2.05, 4.69) is 20.0 Å². The van der Waals surface area contributed by atoms with Crippen LogP contribution in [0.4, 0.5) is 5.69 Å². The second kappa shape index (κ2) is 5.59. The fourth-order valence-electron chi connectivity index (χ4n) is 1.50. The van der Waals surface area contributed by atoms with Crippen LogP contribution in [-0.4, -0.2) is 23.0 Å². The molecule has 2 rings (SSSR count). The molecular weight excluding hydrogens is 250 g/mol.